The van der Waals surface area contributed by atoms with Crippen LogP contribution in [0.3, 0.4) is 0 Å². The summed E-state index contributed by atoms with van der Waals surface area (Å²) in [5, 5.41) is 9.02. The fourth-order valence-corrected chi connectivity index (χ4v) is 1.77. The molecule has 4 nitrogen and oxygen atoms in total. The molecule has 0 aromatic heterocycles. The number of nitrogen functional groups attached to an aromatic ring is 1. The normalized spacial score (nSPS) is 13.4. The van der Waals surface area contributed by atoms with Crippen molar-refractivity contribution >= 4 is 11.7 Å². The van der Waals surface area contributed by atoms with Gasteiger partial charge in [-0.15, -0.1) is 0 Å². The molecule has 1 aromatic carbocycles. The van der Waals surface area contributed by atoms with Gasteiger partial charge in [0.25, 0.3) is 0 Å². The molecule has 17 heavy (non-hydrogen) atoms. The zero-order valence-electron chi connectivity index (χ0n) is 10.3. The monoisotopic (exact) mass is 236 g/mol. The van der Waals surface area contributed by atoms with Crippen LogP contribution in [0.2, 0.25) is 0 Å². The average molecular weight is 236 g/mol. The van der Waals surface area contributed by atoms with Gasteiger partial charge in [-0.3, -0.25) is 4.79 Å². The predicted molar refractivity (Wildman–Crippen MR) is 68.6 cm³/mol. The third kappa shape index (κ3) is 4.07. The highest BCUT2D eigenvalue weighted by atomic mass is 16.4. The highest BCUT2D eigenvalue weighted by Gasteiger charge is 2.29. The van der Waals surface area contributed by atoms with Crippen LogP contribution in [0, 0.1) is 5.41 Å². The molecule has 0 saturated heterocycles. The Kier molecular flexibility index (Phi) is 4.12. The SMILES string of the molecule is CC(C)(CC(N)Cc1ccc(N)cc1)C(=O)O. The van der Waals surface area contributed by atoms with Gasteiger partial charge in [0.1, 0.15) is 0 Å². The van der Waals surface area contributed by atoms with Crippen molar-refractivity contribution in [1.82, 2.24) is 0 Å². The largest absolute Gasteiger partial charge is 0.481 e. The minimum absolute atomic E-state index is 0.162. The molecule has 5 N–H and O–H groups in total. The van der Waals surface area contributed by atoms with E-state index in [1.807, 2.05) is 24.3 Å². The van der Waals surface area contributed by atoms with Crippen molar-refractivity contribution in [1.29, 1.82) is 0 Å². The first-order valence-electron chi connectivity index (χ1n) is 5.64. The molecule has 4 heteroatoms. The smallest absolute Gasteiger partial charge is 0.309 e. The van der Waals surface area contributed by atoms with Crippen LogP contribution in [-0.4, -0.2) is 17.1 Å². The number of hydrogen-bond acceptors (Lipinski definition) is 3. The summed E-state index contributed by atoms with van der Waals surface area (Å²) in [6, 6.07) is 7.32. The van der Waals surface area contributed by atoms with Crippen molar-refractivity contribution in [3.63, 3.8) is 0 Å². The molecule has 0 aliphatic carbocycles. The summed E-state index contributed by atoms with van der Waals surface area (Å²) >= 11 is 0. The van der Waals surface area contributed by atoms with Gasteiger partial charge in [0.05, 0.1) is 5.41 Å². The number of rotatable bonds is 5. The molecule has 1 aromatic rings. The lowest BCUT2D eigenvalue weighted by atomic mass is 9.84. The Labute approximate surface area is 102 Å². The molecular weight excluding hydrogens is 216 g/mol. The molecular formula is C13H20N2O2. The van der Waals surface area contributed by atoms with Crippen molar-refractivity contribution in [2.24, 2.45) is 11.1 Å². The Morgan fingerprint density at radius 2 is 1.88 bits per heavy atom. The number of carbonyl (C=O) groups is 1. The number of anilines is 1. The molecule has 0 saturated carbocycles. The van der Waals surface area contributed by atoms with Crippen LogP contribution in [0.15, 0.2) is 24.3 Å². The Morgan fingerprint density at radius 1 is 1.35 bits per heavy atom. The standard InChI is InChI=1S/C13H20N2O2/c1-13(2,12(16)17)8-11(15)7-9-3-5-10(14)6-4-9/h3-6,11H,7-8,14-15H2,1-2H3,(H,16,17). The van der Waals surface area contributed by atoms with Crippen molar-refractivity contribution in [3.05, 3.63) is 29.8 Å². The van der Waals surface area contributed by atoms with Gasteiger partial charge >= 0.3 is 5.97 Å². The van der Waals surface area contributed by atoms with E-state index < -0.39 is 11.4 Å². The first-order valence-corrected chi connectivity index (χ1v) is 5.64. The quantitative estimate of drug-likeness (QED) is 0.678. The van der Waals surface area contributed by atoms with Crippen molar-refractivity contribution in [2.75, 3.05) is 5.73 Å². The molecule has 0 heterocycles. The average Bonchev–Trinajstić information content (AvgIpc) is 2.20. The van der Waals surface area contributed by atoms with Crippen molar-refractivity contribution in [2.45, 2.75) is 32.7 Å². The zero-order valence-corrected chi connectivity index (χ0v) is 10.3. The lowest BCUT2D eigenvalue weighted by molar-refractivity contribution is -0.147. The van der Waals surface area contributed by atoms with Gasteiger partial charge in [-0.25, -0.2) is 0 Å². The van der Waals surface area contributed by atoms with E-state index in [-0.39, 0.29) is 6.04 Å². The summed E-state index contributed by atoms with van der Waals surface area (Å²) in [5.41, 5.74) is 12.6. The second-order valence-electron chi connectivity index (χ2n) is 5.10. The van der Waals surface area contributed by atoms with Crippen molar-refractivity contribution in [3.8, 4) is 0 Å². The van der Waals surface area contributed by atoms with E-state index >= 15 is 0 Å². The molecule has 0 aliphatic heterocycles. The first-order chi connectivity index (χ1) is 7.81. The van der Waals surface area contributed by atoms with Crippen molar-refractivity contribution < 1.29 is 9.90 Å². The van der Waals surface area contributed by atoms with Gasteiger partial charge in [0.15, 0.2) is 0 Å². The fraction of sp³-hybridized carbons (Fsp3) is 0.462. The van der Waals surface area contributed by atoms with E-state index in [2.05, 4.69) is 0 Å². The Bertz CT molecular complexity index is 385. The van der Waals surface area contributed by atoms with Crippen LogP contribution < -0.4 is 11.5 Å². The molecule has 1 rings (SSSR count). The molecule has 94 valence electrons. The maximum Gasteiger partial charge on any atom is 0.309 e. The number of hydrogen-bond donors (Lipinski definition) is 3. The molecule has 0 spiro atoms. The predicted octanol–water partition coefficient (Wildman–Crippen LogP) is 1.64. The summed E-state index contributed by atoms with van der Waals surface area (Å²) < 4.78 is 0. The summed E-state index contributed by atoms with van der Waals surface area (Å²) in [6.07, 6.45) is 1.11. The number of carboxylic acids is 1. The molecule has 0 fully saturated rings. The van der Waals surface area contributed by atoms with E-state index in [0.717, 1.165) is 5.56 Å². The van der Waals surface area contributed by atoms with Crippen LogP contribution in [-0.2, 0) is 11.2 Å². The molecule has 0 amide bonds. The molecule has 0 aliphatic rings. The van der Waals surface area contributed by atoms with Crippen LogP contribution in [0.1, 0.15) is 25.8 Å². The minimum Gasteiger partial charge on any atom is -0.481 e. The molecule has 1 atom stereocenters. The lowest BCUT2D eigenvalue weighted by Gasteiger charge is -2.23. The van der Waals surface area contributed by atoms with E-state index in [0.29, 0.717) is 18.5 Å². The summed E-state index contributed by atoms with van der Waals surface area (Å²) in [4.78, 5) is 11.0. The second kappa shape index (κ2) is 5.19. The van der Waals surface area contributed by atoms with Crippen LogP contribution in [0.4, 0.5) is 5.69 Å². The van der Waals surface area contributed by atoms with Gasteiger partial charge < -0.3 is 16.6 Å². The first kappa shape index (κ1) is 13.5. The Balaban J connectivity index is 2.58. The van der Waals surface area contributed by atoms with E-state index in [1.165, 1.54) is 0 Å². The minimum atomic E-state index is -0.815. The van der Waals surface area contributed by atoms with Gasteiger partial charge in [0, 0.05) is 11.7 Å². The third-order valence-corrected chi connectivity index (χ3v) is 2.83. The maximum absolute atomic E-state index is 11.0. The maximum atomic E-state index is 11.0. The number of benzene rings is 1. The van der Waals surface area contributed by atoms with E-state index in [1.54, 1.807) is 13.8 Å². The summed E-state index contributed by atoms with van der Waals surface area (Å²) in [5.74, 6) is -0.815. The number of nitrogens with two attached hydrogens (primary N) is 2. The molecule has 0 radical (unpaired) electrons. The topological polar surface area (TPSA) is 89.3 Å². The number of aliphatic carboxylic acids is 1. The highest BCUT2D eigenvalue weighted by molar-refractivity contribution is 5.73. The van der Waals surface area contributed by atoms with E-state index in [9.17, 15) is 4.79 Å². The van der Waals surface area contributed by atoms with Crippen LogP contribution >= 0.6 is 0 Å². The van der Waals surface area contributed by atoms with Gasteiger partial charge in [-0.1, -0.05) is 12.1 Å². The van der Waals surface area contributed by atoms with Gasteiger partial charge in [0.2, 0.25) is 0 Å². The molecule has 0 bridgehead atoms. The Hall–Kier alpha value is -1.55. The third-order valence-electron chi connectivity index (χ3n) is 2.83. The zero-order chi connectivity index (χ0) is 13.1. The van der Waals surface area contributed by atoms with Gasteiger partial charge in [-0.2, -0.15) is 0 Å². The second-order valence-corrected chi connectivity index (χ2v) is 5.10. The summed E-state index contributed by atoms with van der Waals surface area (Å²) in [6.45, 7) is 3.39. The fourth-order valence-electron chi connectivity index (χ4n) is 1.77. The lowest BCUT2D eigenvalue weighted by Crippen LogP contribution is -2.34. The number of carboxylic acid groups (broad SMARTS) is 1. The Morgan fingerprint density at radius 3 is 2.35 bits per heavy atom. The molecule has 1 unspecified atom stereocenters. The van der Waals surface area contributed by atoms with Crippen LogP contribution in [0.5, 0.6) is 0 Å². The summed E-state index contributed by atoms with van der Waals surface area (Å²) in [7, 11) is 0. The highest BCUT2D eigenvalue weighted by Crippen LogP contribution is 2.23. The van der Waals surface area contributed by atoms with Gasteiger partial charge in [-0.05, 0) is 44.4 Å². The van der Waals surface area contributed by atoms with E-state index in [4.69, 9.17) is 16.6 Å². The van der Waals surface area contributed by atoms with Crippen LogP contribution in [0.25, 0.3) is 0 Å².